The van der Waals surface area contributed by atoms with Gasteiger partial charge in [0.05, 0.1) is 0 Å². The van der Waals surface area contributed by atoms with Gasteiger partial charge in [0.1, 0.15) is 6.04 Å². The van der Waals surface area contributed by atoms with Gasteiger partial charge < -0.3 is 10.2 Å². The highest BCUT2D eigenvalue weighted by molar-refractivity contribution is 5.87. The van der Waals surface area contributed by atoms with Crippen LogP contribution in [-0.4, -0.2) is 36.9 Å². The summed E-state index contributed by atoms with van der Waals surface area (Å²) in [7, 11) is 3.44. The molecule has 0 fully saturated rings. The van der Waals surface area contributed by atoms with E-state index in [0.29, 0.717) is 12.8 Å². The van der Waals surface area contributed by atoms with Crippen molar-refractivity contribution in [2.75, 3.05) is 14.1 Å². The molecule has 128 valence electrons. The predicted molar refractivity (Wildman–Crippen MR) is 94.2 cm³/mol. The minimum absolute atomic E-state index is 0.0417. The van der Waals surface area contributed by atoms with E-state index >= 15 is 0 Å². The van der Waals surface area contributed by atoms with Gasteiger partial charge in [-0.3, -0.25) is 9.59 Å². The number of carbonyl (C=O) groups is 2. The lowest BCUT2D eigenvalue weighted by molar-refractivity contribution is -0.135. The van der Waals surface area contributed by atoms with E-state index in [1.807, 2.05) is 13.8 Å². The van der Waals surface area contributed by atoms with Crippen molar-refractivity contribution < 1.29 is 9.59 Å². The highest BCUT2D eigenvalue weighted by Gasteiger charge is 2.26. The SMILES string of the molecule is CCc1ccc(CCC(=O)N[C@H](C(=O)N(C)C)[C@@H](C)CC)cc1. The number of hydrogen-bond donors (Lipinski definition) is 1. The topological polar surface area (TPSA) is 49.4 Å². The van der Waals surface area contributed by atoms with Gasteiger partial charge in [0.25, 0.3) is 0 Å². The molecule has 0 heterocycles. The molecule has 0 spiro atoms. The van der Waals surface area contributed by atoms with Crippen LogP contribution in [-0.2, 0) is 22.4 Å². The first kappa shape index (κ1) is 19.2. The average Bonchev–Trinajstić information content (AvgIpc) is 2.56. The zero-order valence-electron chi connectivity index (χ0n) is 15.1. The van der Waals surface area contributed by atoms with Crippen LogP contribution in [0, 0.1) is 5.92 Å². The molecule has 0 bridgehead atoms. The normalized spacial score (nSPS) is 13.3. The molecule has 4 heteroatoms. The lowest BCUT2D eigenvalue weighted by Crippen LogP contribution is -2.49. The number of aryl methyl sites for hydroxylation is 2. The average molecular weight is 318 g/mol. The van der Waals surface area contributed by atoms with Crippen LogP contribution in [0.4, 0.5) is 0 Å². The number of carbonyl (C=O) groups excluding carboxylic acids is 2. The van der Waals surface area contributed by atoms with Gasteiger partial charge in [0.2, 0.25) is 11.8 Å². The zero-order valence-corrected chi connectivity index (χ0v) is 15.1. The lowest BCUT2D eigenvalue weighted by atomic mass is 9.97. The number of benzene rings is 1. The summed E-state index contributed by atoms with van der Waals surface area (Å²) in [4.78, 5) is 26.0. The Morgan fingerprint density at radius 2 is 1.65 bits per heavy atom. The molecule has 4 nitrogen and oxygen atoms in total. The largest absolute Gasteiger partial charge is 0.347 e. The maximum Gasteiger partial charge on any atom is 0.244 e. The smallest absolute Gasteiger partial charge is 0.244 e. The monoisotopic (exact) mass is 318 g/mol. The van der Waals surface area contributed by atoms with Crippen molar-refractivity contribution in [3.63, 3.8) is 0 Å². The van der Waals surface area contributed by atoms with E-state index in [4.69, 9.17) is 0 Å². The van der Waals surface area contributed by atoms with E-state index in [1.165, 1.54) is 5.56 Å². The van der Waals surface area contributed by atoms with E-state index in [-0.39, 0.29) is 17.7 Å². The van der Waals surface area contributed by atoms with Gasteiger partial charge in [0, 0.05) is 20.5 Å². The lowest BCUT2D eigenvalue weighted by Gasteiger charge is -2.26. The third kappa shape index (κ3) is 6.05. The van der Waals surface area contributed by atoms with Crippen LogP contribution in [0.3, 0.4) is 0 Å². The Hall–Kier alpha value is -1.84. The number of nitrogens with one attached hydrogen (secondary N) is 1. The minimum atomic E-state index is -0.440. The first-order valence-corrected chi connectivity index (χ1v) is 8.47. The highest BCUT2D eigenvalue weighted by atomic mass is 16.2. The van der Waals surface area contributed by atoms with Crippen molar-refractivity contribution in [1.82, 2.24) is 10.2 Å². The Morgan fingerprint density at radius 3 is 2.13 bits per heavy atom. The van der Waals surface area contributed by atoms with E-state index in [2.05, 4.69) is 36.5 Å². The predicted octanol–water partition coefficient (Wildman–Crippen LogP) is 2.80. The van der Waals surface area contributed by atoms with Crippen LogP contribution in [0.15, 0.2) is 24.3 Å². The molecule has 1 aromatic rings. The summed E-state index contributed by atoms with van der Waals surface area (Å²) in [5.74, 6) is 0.0164. The van der Waals surface area contributed by atoms with E-state index in [9.17, 15) is 9.59 Å². The summed E-state index contributed by atoms with van der Waals surface area (Å²) < 4.78 is 0. The number of amides is 2. The molecular weight excluding hydrogens is 288 g/mol. The van der Waals surface area contributed by atoms with Gasteiger partial charge in [-0.2, -0.15) is 0 Å². The molecular formula is C19H30N2O2. The fraction of sp³-hybridized carbons (Fsp3) is 0.579. The fourth-order valence-corrected chi connectivity index (χ4v) is 2.41. The van der Waals surface area contributed by atoms with Crippen LogP contribution in [0.1, 0.15) is 44.7 Å². The van der Waals surface area contributed by atoms with Crippen LogP contribution in [0.5, 0.6) is 0 Å². The second-order valence-electron chi connectivity index (χ2n) is 6.33. The van der Waals surface area contributed by atoms with Crippen molar-refractivity contribution >= 4 is 11.8 Å². The molecule has 1 N–H and O–H groups in total. The molecule has 0 unspecified atom stereocenters. The van der Waals surface area contributed by atoms with E-state index < -0.39 is 6.04 Å². The van der Waals surface area contributed by atoms with Crippen molar-refractivity contribution in [2.24, 2.45) is 5.92 Å². The van der Waals surface area contributed by atoms with Gasteiger partial charge in [-0.15, -0.1) is 0 Å². The Morgan fingerprint density at radius 1 is 1.09 bits per heavy atom. The van der Waals surface area contributed by atoms with E-state index in [0.717, 1.165) is 18.4 Å². The molecule has 2 amide bonds. The summed E-state index contributed by atoms with van der Waals surface area (Å²) in [6.07, 6.45) is 2.96. The summed E-state index contributed by atoms with van der Waals surface area (Å²) in [5.41, 5.74) is 2.45. The maximum atomic E-state index is 12.2. The third-order valence-corrected chi connectivity index (χ3v) is 4.31. The molecule has 23 heavy (non-hydrogen) atoms. The molecule has 1 aromatic carbocycles. The van der Waals surface area contributed by atoms with Gasteiger partial charge >= 0.3 is 0 Å². The molecule has 0 saturated heterocycles. The molecule has 0 aromatic heterocycles. The number of rotatable bonds is 8. The standard InChI is InChI=1S/C19H30N2O2/c1-6-14(3)18(19(23)21(4)5)20-17(22)13-12-16-10-8-15(7-2)9-11-16/h8-11,14,18H,6-7,12-13H2,1-5H3,(H,20,22)/t14-,18-/m0/s1. The quantitative estimate of drug-likeness (QED) is 0.801. The van der Waals surface area contributed by atoms with Crippen LogP contribution in [0.25, 0.3) is 0 Å². The molecule has 2 atom stereocenters. The summed E-state index contributed by atoms with van der Waals surface area (Å²) >= 11 is 0. The van der Waals surface area contributed by atoms with Crippen molar-refractivity contribution in [3.05, 3.63) is 35.4 Å². The minimum Gasteiger partial charge on any atom is -0.347 e. The second-order valence-corrected chi connectivity index (χ2v) is 6.33. The number of likely N-dealkylation sites (N-methyl/N-ethyl adjacent to an activating group) is 1. The van der Waals surface area contributed by atoms with Crippen LogP contribution >= 0.6 is 0 Å². The fourth-order valence-electron chi connectivity index (χ4n) is 2.41. The van der Waals surface area contributed by atoms with E-state index in [1.54, 1.807) is 19.0 Å². The maximum absolute atomic E-state index is 12.2. The second kappa shape index (κ2) is 9.33. The van der Waals surface area contributed by atoms with Crippen LogP contribution < -0.4 is 5.32 Å². The zero-order chi connectivity index (χ0) is 17.4. The Labute approximate surface area is 140 Å². The van der Waals surface area contributed by atoms with Gasteiger partial charge in [-0.1, -0.05) is 51.5 Å². The van der Waals surface area contributed by atoms with Crippen molar-refractivity contribution in [2.45, 2.75) is 52.5 Å². The first-order valence-electron chi connectivity index (χ1n) is 8.47. The summed E-state index contributed by atoms with van der Waals surface area (Å²) in [6, 6.07) is 7.91. The third-order valence-electron chi connectivity index (χ3n) is 4.31. The highest BCUT2D eigenvalue weighted by Crippen LogP contribution is 2.11. The number of nitrogens with zero attached hydrogens (tertiary/aromatic N) is 1. The molecule has 1 rings (SSSR count). The molecule has 0 saturated carbocycles. The van der Waals surface area contributed by atoms with Gasteiger partial charge in [-0.25, -0.2) is 0 Å². The summed E-state index contributed by atoms with van der Waals surface area (Å²) in [6.45, 7) is 6.15. The Bertz CT molecular complexity index is 509. The molecule has 0 radical (unpaired) electrons. The summed E-state index contributed by atoms with van der Waals surface area (Å²) in [5, 5.41) is 2.91. The van der Waals surface area contributed by atoms with Gasteiger partial charge in [0.15, 0.2) is 0 Å². The first-order chi connectivity index (χ1) is 10.9. The number of hydrogen-bond acceptors (Lipinski definition) is 2. The molecule has 0 aliphatic heterocycles. The van der Waals surface area contributed by atoms with Crippen LogP contribution in [0.2, 0.25) is 0 Å². The van der Waals surface area contributed by atoms with Crippen molar-refractivity contribution in [3.8, 4) is 0 Å². The Balaban J connectivity index is 2.59. The van der Waals surface area contributed by atoms with Gasteiger partial charge in [-0.05, 0) is 29.9 Å². The van der Waals surface area contributed by atoms with Crippen molar-refractivity contribution in [1.29, 1.82) is 0 Å². The Kier molecular flexibility index (Phi) is 7.79. The molecule has 0 aliphatic rings. The molecule has 0 aliphatic carbocycles.